The van der Waals surface area contributed by atoms with Crippen molar-refractivity contribution in [3.05, 3.63) is 41.3 Å². The third-order valence-corrected chi connectivity index (χ3v) is 5.19. The van der Waals surface area contributed by atoms with Crippen molar-refractivity contribution < 1.29 is 25.8 Å². The number of aromatic nitrogens is 2. The van der Waals surface area contributed by atoms with Crippen LogP contribution in [0, 0.1) is 11.3 Å². The van der Waals surface area contributed by atoms with Gasteiger partial charge in [-0.05, 0) is 48.9 Å². The molecule has 0 N–H and O–H groups in total. The number of pyridine rings is 2. The van der Waals surface area contributed by atoms with Gasteiger partial charge in [-0.2, -0.15) is 26.9 Å². The topological polar surface area (TPSA) is 92.9 Å². The first-order valence-corrected chi connectivity index (χ1v) is 9.52. The average Bonchev–Trinajstić information content (AvgIpc) is 2.85. The molecule has 10 heteroatoms. The minimum atomic E-state index is -5.94. The van der Waals surface area contributed by atoms with E-state index in [2.05, 4.69) is 14.2 Å². The van der Waals surface area contributed by atoms with Gasteiger partial charge in [0, 0.05) is 23.7 Å². The van der Waals surface area contributed by atoms with Crippen LogP contribution in [0.5, 0.6) is 5.88 Å². The smallest absolute Gasteiger partial charge is 0.354 e. The van der Waals surface area contributed by atoms with Crippen LogP contribution in [0.1, 0.15) is 36.1 Å². The predicted octanol–water partition coefficient (Wildman–Crippen LogP) is 3.51. The van der Waals surface area contributed by atoms with Crippen molar-refractivity contribution in [2.45, 2.75) is 37.6 Å². The molecule has 0 atom stereocenters. The Morgan fingerprint density at radius 1 is 1.11 bits per heavy atom. The molecule has 0 aromatic carbocycles. The SMILES string of the molecule is N#Cc1c(OS(=O)(=O)C(F)(F)F)nc2c(c1-c1ccncc1)CCCCC2. The summed E-state index contributed by atoms with van der Waals surface area (Å²) in [4.78, 5) is 7.89. The van der Waals surface area contributed by atoms with Crippen molar-refractivity contribution in [1.29, 1.82) is 5.26 Å². The Kier molecular flexibility index (Phi) is 5.06. The lowest BCUT2D eigenvalue weighted by molar-refractivity contribution is -0.0501. The molecule has 0 amide bonds. The van der Waals surface area contributed by atoms with Crippen molar-refractivity contribution >= 4 is 10.1 Å². The molecule has 0 fully saturated rings. The Morgan fingerprint density at radius 2 is 1.78 bits per heavy atom. The monoisotopic (exact) mass is 397 g/mol. The molecule has 2 heterocycles. The summed E-state index contributed by atoms with van der Waals surface area (Å²) in [6.45, 7) is 0. The van der Waals surface area contributed by atoms with E-state index in [-0.39, 0.29) is 5.56 Å². The highest BCUT2D eigenvalue weighted by Gasteiger charge is 2.49. The summed E-state index contributed by atoms with van der Waals surface area (Å²) < 4.78 is 65.4. The molecule has 142 valence electrons. The molecule has 1 aliphatic rings. The first kappa shape index (κ1) is 19.1. The third-order valence-electron chi connectivity index (χ3n) is 4.24. The molecule has 0 saturated heterocycles. The van der Waals surface area contributed by atoms with Crippen LogP contribution in [0.4, 0.5) is 13.2 Å². The lowest BCUT2D eigenvalue weighted by atomic mass is 9.92. The number of rotatable bonds is 3. The van der Waals surface area contributed by atoms with E-state index in [9.17, 15) is 26.9 Å². The van der Waals surface area contributed by atoms with Crippen molar-refractivity contribution in [2.75, 3.05) is 0 Å². The van der Waals surface area contributed by atoms with E-state index >= 15 is 0 Å². The summed E-state index contributed by atoms with van der Waals surface area (Å²) in [5.41, 5.74) is -3.90. The number of alkyl halides is 3. The second-order valence-corrected chi connectivity index (χ2v) is 7.52. The number of hydrogen-bond donors (Lipinski definition) is 0. The lowest BCUT2D eigenvalue weighted by Crippen LogP contribution is -2.29. The highest BCUT2D eigenvalue weighted by molar-refractivity contribution is 7.87. The van der Waals surface area contributed by atoms with Crippen molar-refractivity contribution in [3.8, 4) is 23.1 Å². The quantitative estimate of drug-likeness (QED) is 0.447. The first-order valence-electron chi connectivity index (χ1n) is 8.11. The zero-order valence-electron chi connectivity index (χ0n) is 14.0. The van der Waals surface area contributed by atoms with E-state index < -0.39 is 21.5 Å². The standard InChI is InChI=1S/C17H14F3N3O3S/c18-17(19,20)27(24,25)26-16-13(10-21)15(11-6-8-22-9-7-11)12-4-2-1-3-5-14(12)23-16/h6-9H,1-5H2. The molecular formula is C17H14F3N3O3S. The average molecular weight is 397 g/mol. The maximum Gasteiger partial charge on any atom is 0.534 e. The second-order valence-electron chi connectivity index (χ2n) is 5.98. The zero-order chi connectivity index (χ0) is 19.7. The fraction of sp³-hybridized carbons (Fsp3) is 0.353. The van der Waals surface area contributed by atoms with Gasteiger partial charge in [0.2, 0.25) is 0 Å². The molecule has 3 rings (SSSR count). The Balaban J connectivity index is 2.27. The van der Waals surface area contributed by atoms with Crippen LogP contribution in [-0.2, 0) is 23.0 Å². The molecular weight excluding hydrogens is 383 g/mol. The van der Waals surface area contributed by atoms with E-state index in [0.29, 0.717) is 29.7 Å². The predicted molar refractivity (Wildman–Crippen MR) is 89.0 cm³/mol. The van der Waals surface area contributed by atoms with Crippen LogP contribution in [-0.4, -0.2) is 23.9 Å². The molecule has 27 heavy (non-hydrogen) atoms. The molecule has 0 bridgehead atoms. The maximum absolute atomic E-state index is 12.8. The summed E-state index contributed by atoms with van der Waals surface area (Å²) in [7, 11) is -5.94. The Morgan fingerprint density at radius 3 is 2.41 bits per heavy atom. The van der Waals surface area contributed by atoms with Gasteiger partial charge >= 0.3 is 15.6 Å². The van der Waals surface area contributed by atoms with Gasteiger partial charge in [0.25, 0.3) is 5.88 Å². The fourth-order valence-corrected chi connectivity index (χ4v) is 3.47. The number of nitrogens with zero attached hydrogens (tertiary/aromatic N) is 3. The number of hydrogen-bond acceptors (Lipinski definition) is 6. The minimum absolute atomic E-state index is 0.338. The summed E-state index contributed by atoms with van der Waals surface area (Å²) in [6, 6.07) is 4.97. The summed E-state index contributed by atoms with van der Waals surface area (Å²) in [5, 5.41) is 9.57. The van der Waals surface area contributed by atoms with Crippen LogP contribution in [0.3, 0.4) is 0 Å². The number of nitriles is 1. The van der Waals surface area contributed by atoms with Gasteiger partial charge in [-0.3, -0.25) is 4.98 Å². The van der Waals surface area contributed by atoms with Crippen LogP contribution >= 0.6 is 0 Å². The molecule has 0 saturated carbocycles. The molecule has 0 unspecified atom stereocenters. The minimum Gasteiger partial charge on any atom is -0.354 e. The van der Waals surface area contributed by atoms with Gasteiger partial charge in [-0.25, -0.2) is 4.98 Å². The summed E-state index contributed by atoms with van der Waals surface area (Å²) in [5.74, 6) is -0.845. The van der Waals surface area contributed by atoms with Gasteiger partial charge in [0.05, 0.1) is 0 Å². The second kappa shape index (κ2) is 7.15. The van der Waals surface area contributed by atoms with Gasteiger partial charge in [0.15, 0.2) is 0 Å². The van der Waals surface area contributed by atoms with Crippen LogP contribution in [0.15, 0.2) is 24.5 Å². The van der Waals surface area contributed by atoms with Gasteiger partial charge < -0.3 is 4.18 Å². The molecule has 0 spiro atoms. The van der Waals surface area contributed by atoms with Crippen LogP contribution in [0.25, 0.3) is 11.1 Å². The summed E-state index contributed by atoms with van der Waals surface area (Å²) >= 11 is 0. The van der Waals surface area contributed by atoms with Crippen LogP contribution < -0.4 is 4.18 Å². The van der Waals surface area contributed by atoms with Crippen molar-refractivity contribution in [2.24, 2.45) is 0 Å². The van der Waals surface area contributed by atoms with Crippen LogP contribution in [0.2, 0.25) is 0 Å². The highest BCUT2D eigenvalue weighted by atomic mass is 32.2. The molecule has 1 aliphatic carbocycles. The molecule has 0 aliphatic heterocycles. The van der Waals surface area contributed by atoms with E-state index in [1.165, 1.54) is 12.4 Å². The van der Waals surface area contributed by atoms with E-state index in [0.717, 1.165) is 24.8 Å². The Bertz CT molecular complexity index is 1000. The number of fused-ring (bicyclic) bond motifs is 1. The van der Waals surface area contributed by atoms with Gasteiger partial charge in [-0.15, -0.1) is 0 Å². The third kappa shape index (κ3) is 3.73. The normalized spacial score (nSPS) is 14.7. The molecule has 0 radical (unpaired) electrons. The maximum atomic E-state index is 12.8. The van der Waals surface area contributed by atoms with Gasteiger partial charge in [-0.1, -0.05) is 6.42 Å². The highest BCUT2D eigenvalue weighted by Crippen LogP contribution is 2.38. The largest absolute Gasteiger partial charge is 0.534 e. The first-order chi connectivity index (χ1) is 12.7. The lowest BCUT2D eigenvalue weighted by Gasteiger charge is -2.17. The zero-order valence-corrected chi connectivity index (χ0v) is 14.8. The van der Waals surface area contributed by atoms with Crippen molar-refractivity contribution in [3.63, 3.8) is 0 Å². The van der Waals surface area contributed by atoms with E-state index in [1.807, 2.05) is 0 Å². The van der Waals surface area contributed by atoms with E-state index in [4.69, 9.17) is 0 Å². The Hall–Kier alpha value is -2.67. The fourth-order valence-electron chi connectivity index (χ4n) is 3.05. The number of halogens is 3. The number of aryl methyl sites for hydroxylation is 1. The van der Waals surface area contributed by atoms with Crippen molar-refractivity contribution in [1.82, 2.24) is 9.97 Å². The molecule has 6 nitrogen and oxygen atoms in total. The van der Waals surface area contributed by atoms with Gasteiger partial charge in [0.1, 0.15) is 11.6 Å². The summed E-state index contributed by atoms with van der Waals surface area (Å²) in [6.07, 6.45) is 6.49. The Labute approximate surface area is 153 Å². The molecule has 2 aromatic heterocycles. The molecule has 2 aromatic rings. The van der Waals surface area contributed by atoms with E-state index in [1.54, 1.807) is 18.2 Å².